The Hall–Kier alpha value is -3.07. The number of carbonyl (C=O) groups excluding carboxylic acids is 1. The van der Waals surface area contributed by atoms with Crippen molar-refractivity contribution in [1.29, 1.82) is 0 Å². The summed E-state index contributed by atoms with van der Waals surface area (Å²) in [5.41, 5.74) is -0.118. The maximum absolute atomic E-state index is 12.7. The van der Waals surface area contributed by atoms with Gasteiger partial charge in [0, 0.05) is 19.8 Å². The van der Waals surface area contributed by atoms with Gasteiger partial charge in [0.15, 0.2) is 11.2 Å². The third kappa shape index (κ3) is 3.10. The van der Waals surface area contributed by atoms with Gasteiger partial charge < -0.3 is 14.6 Å². The van der Waals surface area contributed by atoms with Gasteiger partial charge in [-0.1, -0.05) is 11.6 Å². The number of rotatable bonds is 4. The number of methoxy groups -OCH3 is 1. The van der Waals surface area contributed by atoms with Crippen molar-refractivity contribution in [3.8, 4) is 5.75 Å². The normalized spacial score (nSPS) is 12.2. The summed E-state index contributed by atoms with van der Waals surface area (Å²) in [5, 5.41) is 3.10. The number of aryl methyl sites for hydroxylation is 1. The lowest BCUT2D eigenvalue weighted by Gasteiger charge is -2.15. The Morgan fingerprint density at radius 2 is 1.96 bits per heavy atom. The first-order chi connectivity index (χ1) is 12.8. The largest absolute Gasteiger partial charge is 0.495 e. The van der Waals surface area contributed by atoms with Crippen molar-refractivity contribution >= 4 is 34.4 Å². The van der Waals surface area contributed by atoms with Crippen molar-refractivity contribution < 1.29 is 9.53 Å². The molecule has 0 saturated heterocycles. The fraction of sp³-hybridized carbons (Fsp3) is 0.294. The average molecular weight is 392 g/mol. The minimum absolute atomic E-state index is 0.176. The molecule has 2 aromatic heterocycles. The molecule has 1 unspecified atom stereocenters. The number of fused-ring (bicyclic) bond motifs is 1. The van der Waals surface area contributed by atoms with Crippen molar-refractivity contribution in [3.63, 3.8) is 0 Å². The summed E-state index contributed by atoms with van der Waals surface area (Å²) in [4.78, 5) is 41.3. The van der Waals surface area contributed by atoms with Gasteiger partial charge in [0.2, 0.25) is 5.91 Å². The van der Waals surface area contributed by atoms with Crippen LogP contribution in [0.25, 0.3) is 11.2 Å². The van der Waals surface area contributed by atoms with Crippen LogP contribution >= 0.6 is 11.6 Å². The minimum Gasteiger partial charge on any atom is -0.495 e. The zero-order valence-electron chi connectivity index (χ0n) is 15.2. The lowest BCUT2D eigenvalue weighted by molar-refractivity contribution is -0.118. The van der Waals surface area contributed by atoms with Crippen LogP contribution in [0.5, 0.6) is 5.75 Å². The molecule has 2 heterocycles. The van der Waals surface area contributed by atoms with E-state index in [1.807, 2.05) is 0 Å². The Morgan fingerprint density at radius 3 is 2.59 bits per heavy atom. The molecule has 0 bridgehead atoms. The number of carbonyl (C=O) groups is 1. The summed E-state index contributed by atoms with van der Waals surface area (Å²) in [6, 6.07) is 4.12. The molecule has 0 radical (unpaired) electrons. The third-order valence-corrected chi connectivity index (χ3v) is 4.68. The highest BCUT2D eigenvalue weighted by Gasteiger charge is 2.22. The summed E-state index contributed by atoms with van der Waals surface area (Å²) in [7, 11) is 4.40. The number of hydrogen-bond acceptors (Lipinski definition) is 5. The molecule has 10 heteroatoms. The highest BCUT2D eigenvalue weighted by atomic mass is 35.5. The van der Waals surface area contributed by atoms with Crippen LogP contribution in [-0.4, -0.2) is 31.7 Å². The van der Waals surface area contributed by atoms with Gasteiger partial charge in [-0.15, -0.1) is 0 Å². The molecule has 9 nitrogen and oxygen atoms in total. The molecule has 27 heavy (non-hydrogen) atoms. The summed E-state index contributed by atoms with van der Waals surface area (Å²) in [6.07, 6.45) is 1.37. The van der Waals surface area contributed by atoms with Crippen LogP contribution in [0.3, 0.4) is 0 Å². The monoisotopic (exact) mass is 391 g/mol. The fourth-order valence-electron chi connectivity index (χ4n) is 2.77. The summed E-state index contributed by atoms with van der Waals surface area (Å²) in [5.74, 6) is 0.124. The molecule has 0 saturated carbocycles. The smallest absolute Gasteiger partial charge is 0.332 e. The predicted molar refractivity (Wildman–Crippen MR) is 102 cm³/mol. The number of halogens is 1. The van der Waals surface area contributed by atoms with Crippen LogP contribution in [0.2, 0.25) is 5.02 Å². The molecular formula is C17H18ClN5O4. The van der Waals surface area contributed by atoms with Gasteiger partial charge in [-0.3, -0.25) is 18.7 Å². The minimum atomic E-state index is -0.749. The fourth-order valence-corrected chi connectivity index (χ4v) is 3.03. The van der Waals surface area contributed by atoms with Gasteiger partial charge in [0.1, 0.15) is 11.8 Å². The molecule has 1 N–H and O–H groups in total. The van der Waals surface area contributed by atoms with E-state index in [-0.39, 0.29) is 17.1 Å². The van der Waals surface area contributed by atoms with E-state index in [4.69, 9.17) is 16.3 Å². The van der Waals surface area contributed by atoms with Crippen molar-refractivity contribution in [1.82, 2.24) is 18.7 Å². The molecule has 1 atom stereocenters. The highest BCUT2D eigenvalue weighted by Crippen LogP contribution is 2.27. The van der Waals surface area contributed by atoms with Gasteiger partial charge in [-0.25, -0.2) is 9.78 Å². The summed E-state index contributed by atoms with van der Waals surface area (Å²) in [6.45, 7) is 1.63. The van der Waals surface area contributed by atoms with E-state index in [9.17, 15) is 14.4 Å². The summed E-state index contributed by atoms with van der Waals surface area (Å²) < 4.78 is 8.77. The second-order valence-electron chi connectivity index (χ2n) is 6.04. The molecular weight excluding hydrogens is 374 g/mol. The van der Waals surface area contributed by atoms with Crippen LogP contribution in [0.4, 0.5) is 5.69 Å². The van der Waals surface area contributed by atoms with Crippen LogP contribution in [-0.2, 0) is 18.9 Å². The Labute approximate surface area is 158 Å². The second kappa shape index (κ2) is 6.92. The number of nitrogens with zero attached hydrogens (tertiary/aromatic N) is 4. The molecule has 0 fully saturated rings. The number of imidazole rings is 1. The molecule has 1 amide bonds. The lowest BCUT2D eigenvalue weighted by atomic mass is 10.2. The van der Waals surface area contributed by atoms with Gasteiger partial charge in [0.05, 0.1) is 18.5 Å². The maximum atomic E-state index is 12.7. The van der Waals surface area contributed by atoms with E-state index in [2.05, 4.69) is 10.3 Å². The van der Waals surface area contributed by atoms with E-state index >= 15 is 0 Å². The zero-order chi connectivity index (χ0) is 19.9. The van der Waals surface area contributed by atoms with Gasteiger partial charge in [-0.05, 0) is 25.1 Å². The third-order valence-electron chi connectivity index (χ3n) is 4.39. The molecule has 142 valence electrons. The standard InChI is InChI=1S/C17H18ClN5O4/c1-9(15(24)20-10-5-6-12(27-4)11(18)7-10)23-8-19-14-13(23)16(25)22(3)17(26)21(14)2/h5-9H,1-4H3,(H,20,24). The number of benzene rings is 1. The first-order valence-corrected chi connectivity index (χ1v) is 8.41. The van der Waals surface area contributed by atoms with Gasteiger partial charge >= 0.3 is 5.69 Å². The average Bonchev–Trinajstić information content (AvgIpc) is 3.09. The Balaban J connectivity index is 1.97. The molecule has 0 aliphatic carbocycles. The first-order valence-electron chi connectivity index (χ1n) is 8.03. The van der Waals surface area contributed by atoms with Crippen molar-refractivity contribution in [2.45, 2.75) is 13.0 Å². The highest BCUT2D eigenvalue weighted by molar-refractivity contribution is 6.32. The number of amides is 1. The quantitative estimate of drug-likeness (QED) is 0.722. The molecule has 0 aliphatic rings. The van der Waals surface area contributed by atoms with Crippen LogP contribution in [0, 0.1) is 0 Å². The summed E-state index contributed by atoms with van der Waals surface area (Å²) >= 11 is 6.07. The van der Waals surface area contributed by atoms with E-state index < -0.39 is 17.3 Å². The molecule has 0 spiro atoms. The molecule has 3 rings (SSSR count). The van der Waals surface area contributed by atoms with Crippen molar-refractivity contribution in [2.24, 2.45) is 14.1 Å². The van der Waals surface area contributed by atoms with Crippen LogP contribution < -0.4 is 21.3 Å². The van der Waals surface area contributed by atoms with Gasteiger partial charge in [0.25, 0.3) is 5.56 Å². The Morgan fingerprint density at radius 1 is 1.26 bits per heavy atom. The molecule has 0 aliphatic heterocycles. The van der Waals surface area contributed by atoms with E-state index in [1.54, 1.807) is 25.1 Å². The van der Waals surface area contributed by atoms with Crippen LogP contribution in [0.15, 0.2) is 34.1 Å². The molecule has 3 aromatic rings. The van der Waals surface area contributed by atoms with Gasteiger partial charge in [-0.2, -0.15) is 0 Å². The number of aromatic nitrogens is 4. The van der Waals surface area contributed by atoms with Crippen LogP contribution in [0.1, 0.15) is 13.0 Å². The van der Waals surface area contributed by atoms with E-state index in [1.165, 1.54) is 36.7 Å². The topological polar surface area (TPSA) is 100 Å². The number of ether oxygens (including phenoxy) is 1. The predicted octanol–water partition coefficient (Wildman–Crippen LogP) is 1.30. The zero-order valence-corrected chi connectivity index (χ0v) is 15.9. The Kier molecular flexibility index (Phi) is 4.79. The van der Waals surface area contributed by atoms with Crippen molar-refractivity contribution in [3.05, 3.63) is 50.4 Å². The first kappa shape index (κ1) is 18.7. The number of anilines is 1. The molecule has 1 aromatic carbocycles. The van der Waals surface area contributed by atoms with Crippen molar-refractivity contribution in [2.75, 3.05) is 12.4 Å². The number of nitrogens with one attached hydrogen (secondary N) is 1. The SMILES string of the molecule is COc1ccc(NC(=O)C(C)n2cnc3c2c(=O)n(C)c(=O)n3C)cc1Cl. The maximum Gasteiger partial charge on any atom is 0.332 e. The second-order valence-corrected chi connectivity index (χ2v) is 6.45. The Bertz CT molecular complexity index is 1160. The number of hydrogen-bond donors (Lipinski definition) is 1. The lowest BCUT2D eigenvalue weighted by Crippen LogP contribution is -2.38. The van der Waals surface area contributed by atoms with E-state index in [0.29, 0.717) is 16.5 Å². The van der Waals surface area contributed by atoms with E-state index in [0.717, 1.165) is 4.57 Å².